The van der Waals surface area contributed by atoms with Gasteiger partial charge in [-0.1, -0.05) is 5.16 Å². The summed E-state index contributed by atoms with van der Waals surface area (Å²) in [5.41, 5.74) is 4.59. The van der Waals surface area contributed by atoms with Crippen molar-refractivity contribution in [3.05, 3.63) is 34.1 Å². The fourth-order valence-corrected chi connectivity index (χ4v) is 1.60. The molecule has 0 radical (unpaired) electrons. The Morgan fingerprint density at radius 1 is 1.19 bits per heavy atom. The van der Waals surface area contributed by atoms with Crippen LogP contribution in [0.1, 0.15) is 0 Å². The lowest BCUT2D eigenvalue weighted by molar-refractivity contribution is 0.425. The van der Waals surface area contributed by atoms with E-state index in [4.69, 9.17) is 5.73 Å². The van der Waals surface area contributed by atoms with Gasteiger partial charge < -0.3 is 10.3 Å². The zero-order chi connectivity index (χ0) is 11.9. The molecule has 2 N–H and O–H groups in total. The van der Waals surface area contributed by atoms with Crippen molar-refractivity contribution in [3.63, 3.8) is 0 Å². The van der Waals surface area contributed by atoms with Gasteiger partial charge in [-0.15, -0.1) is 0 Å². The predicted octanol–water partition coefficient (Wildman–Crippen LogP) is 3.10. The van der Waals surface area contributed by atoms with Crippen LogP contribution in [0.4, 0.5) is 19.0 Å². The molecule has 1 aromatic carbocycles. The predicted molar refractivity (Wildman–Crippen MR) is 53.9 cm³/mol. The topological polar surface area (TPSA) is 52.0 Å². The Bertz CT molecular complexity index is 530. The number of rotatable bonds is 1. The Kier molecular flexibility index (Phi) is 2.63. The maximum absolute atomic E-state index is 13.6. The second-order valence-electron chi connectivity index (χ2n) is 2.96. The highest BCUT2D eigenvalue weighted by Gasteiger charge is 2.22. The molecular formula is C9H4BrF3N2O. The summed E-state index contributed by atoms with van der Waals surface area (Å²) in [7, 11) is 0. The fraction of sp³-hybridized carbons (Fsp3) is 0. The summed E-state index contributed by atoms with van der Waals surface area (Å²) in [6.45, 7) is 0. The number of hydrogen-bond acceptors (Lipinski definition) is 3. The molecule has 0 saturated carbocycles. The summed E-state index contributed by atoms with van der Waals surface area (Å²) in [5, 5.41) is 3.27. The summed E-state index contributed by atoms with van der Waals surface area (Å²) in [4.78, 5) is 0. The first kappa shape index (κ1) is 11.0. The Morgan fingerprint density at radius 2 is 1.88 bits per heavy atom. The van der Waals surface area contributed by atoms with Crippen LogP contribution in [0.3, 0.4) is 0 Å². The lowest BCUT2D eigenvalue weighted by atomic mass is 10.1. The third-order valence-corrected chi connectivity index (χ3v) is 2.46. The van der Waals surface area contributed by atoms with Gasteiger partial charge in [0, 0.05) is 6.07 Å². The Morgan fingerprint density at radius 3 is 2.44 bits per heavy atom. The molecule has 84 valence electrons. The van der Waals surface area contributed by atoms with Gasteiger partial charge in [0.2, 0.25) is 0 Å². The number of nitrogens with zero attached hydrogens (tertiary/aromatic N) is 1. The molecule has 0 atom stereocenters. The monoisotopic (exact) mass is 292 g/mol. The molecule has 3 nitrogen and oxygen atoms in total. The lowest BCUT2D eigenvalue weighted by Gasteiger charge is -2.03. The molecule has 0 bridgehead atoms. The average Bonchev–Trinajstić information content (AvgIpc) is 2.62. The van der Waals surface area contributed by atoms with E-state index in [-0.39, 0.29) is 16.1 Å². The standard InChI is InChI=1S/C9H4BrF3N2O/c10-3-1-4(11)9(13)7(8(3)12)5-2-6(14)15-16-5/h1-2H,(H2,14,15). The third kappa shape index (κ3) is 1.67. The van der Waals surface area contributed by atoms with E-state index in [2.05, 4.69) is 25.6 Å². The van der Waals surface area contributed by atoms with E-state index in [1.165, 1.54) is 0 Å². The molecule has 0 aliphatic carbocycles. The second-order valence-corrected chi connectivity index (χ2v) is 3.81. The largest absolute Gasteiger partial charge is 0.381 e. The number of anilines is 1. The van der Waals surface area contributed by atoms with Gasteiger partial charge >= 0.3 is 0 Å². The summed E-state index contributed by atoms with van der Waals surface area (Å²) in [6, 6.07) is 1.79. The van der Waals surface area contributed by atoms with Crippen molar-refractivity contribution >= 4 is 21.7 Å². The Balaban J connectivity index is 2.73. The van der Waals surface area contributed by atoms with E-state index >= 15 is 0 Å². The molecule has 1 aromatic heterocycles. The van der Waals surface area contributed by atoms with E-state index in [1.54, 1.807) is 0 Å². The number of nitrogens with two attached hydrogens (primary N) is 1. The highest BCUT2D eigenvalue weighted by Crippen LogP contribution is 2.32. The van der Waals surface area contributed by atoms with E-state index in [9.17, 15) is 13.2 Å². The van der Waals surface area contributed by atoms with Crippen LogP contribution in [0.5, 0.6) is 0 Å². The molecule has 0 amide bonds. The summed E-state index contributed by atoms with van der Waals surface area (Å²) in [6.07, 6.45) is 0. The zero-order valence-corrected chi connectivity index (χ0v) is 9.19. The van der Waals surface area contributed by atoms with Crippen molar-refractivity contribution in [3.8, 4) is 11.3 Å². The van der Waals surface area contributed by atoms with Gasteiger partial charge in [-0.3, -0.25) is 0 Å². The number of aromatic nitrogens is 1. The quantitative estimate of drug-likeness (QED) is 0.822. The highest BCUT2D eigenvalue weighted by molar-refractivity contribution is 9.10. The van der Waals surface area contributed by atoms with Crippen LogP contribution < -0.4 is 5.73 Å². The van der Waals surface area contributed by atoms with E-state index < -0.39 is 23.0 Å². The van der Waals surface area contributed by atoms with E-state index in [1.807, 2.05) is 0 Å². The van der Waals surface area contributed by atoms with Crippen LogP contribution in [-0.2, 0) is 0 Å². The number of benzene rings is 1. The van der Waals surface area contributed by atoms with Gasteiger partial charge in [0.15, 0.2) is 29.0 Å². The Labute approximate surface area is 96.2 Å². The van der Waals surface area contributed by atoms with Crippen LogP contribution in [0.2, 0.25) is 0 Å². The Hall–Kier alpha value is -1.50. The normalized spacial score (nSPS) is 10.8. The highest BCUT2D eigenvalue weighted by atomic mass is 79.9. The number of hydrogen-bond donors (Lipinski definition) is 1. The third-order valence-electron chi connectivity index (χ3n) is 1.89. The van der Waals surface area contributed by atoms with Gasteiger partial charge in [-0.05, 0) is 22.0 Å². The van der Waals surface area contributed by atoms with Crippen LogP contribution in [0.15, 0.2) is 21.1 Å². The average molecular weight is 293 g/mol. The van der Waals surface area contributed by atoms with E-state index in [0.29, 0.717) is 6.07 Å². The number of halogens is 4. The van der Waals surface area contributed by atoms with Gasteiger partial charge in [-0.25, -0.2) is 13.2 Å². The minimum atomic E-state index is -1.35. The van der Waals surface area contributed by atoms with Crippen LogP contribution >= 0.6 is 15.9 Å². The molecule has 0 unspecified atom stereocenters. The molecule has 0 saturated heterocycles. The first-order valence-electron chi connectivity index (χ1n) is 4.06. The summed E-state index contributed by atoms with van der Waals surface area (Å²) >= 11 is 2.76. The first-order chi connectivity index (χ1) is 7.50. The van der Waals surface area contributed by atoms with Crippen LogP contribution in [-0.4, -0.2) is 5.16 Å². The van der Waals surface area contributed by atoms with Gasteiger partial charge in [0.25, 0.3) is 0 Å². The van der Waals surface area contributed by atoms with Crippen molar-refractivity contribution in [2.45, 2.75) is 0 Å². The fourth-order valence-electron chi connectivity index (χ4n) is 1.20. The smallest absolute Gasteiger partial charge is 0.175 e. The van der Waals surface area contributed by atoms with Crippen LogP contribution in [0, 0.1) is 17.5 Å². The summed E-state index contributed by atoms with van der Waals surface area (Å²) in [5.74, 6) is -3.84. The molecule has 2 rings (SSSR count). The van der Waals surface area contributed by atoms with Crippen LogP contribution in [0.25, 0.3) is 11.3 Å². The van der Waals surface area contributed by atoms with Crippen molar-refractivity contribution in [2.75, 3.05) is 5.73 Å². The molecule has 0 spiro atoms. The SMILES string of the molecule is Nc1cc(-c2c(F)c(F)cc(Br)c2F)on1. The molecule has 0 aliphatic heterocycles. The summed E-state index contributed by atoms with van der Waals surface area (Å²) < 4.78 is 44.3. The molecule has 0 aliphatic rings. The zero-order valence-electron chi connectivity index (χ0n) is 7.60. The molecule has 7 heteroatoms. The second kappa shape index (κ2) is 3.82. The molecule has 1 heterocycles. The molecular weight excluding hydrogens is 289 g/mol. The van der Waals surface area contributed by atoms with Gasteiger partial charge in [0.1, 0.15) is 0 Å². The molecule has 2 aromatic rings. The van der Waals surface area contributed by atoms with Crippen molar-refractivity contribution in [1.82, 2.24) is 5.16 Å². The minimum absolute atomic E-state index is 0.0471. The maximum Gasteiger partial charge on any atom is 0.175 e. The van der Waals surface area contributed by atoms with Crippen molar-refractivity contribution in [2.24, 2.45) is 0 Å². The molecule has 16 heavy (non-hydrogen) atoms. The first-order valence-corrected chi connectivity index (χ1v) is 4.85. The van der Waals surface area contributed by atoms with Gasteiger partial charge in [-0.2, -0.15) is 0 Å². The maximum atomic E-state index is 13.6. The number of nitrogen functional groups attached to an aromatic ring is 1. The minimum Gasteiger partial charge on any atom is -0.381 e. The lowest BCUT2D eigenvalue weighted by Crippen LogP contribution is -1.95. The van der Waals surface area contributed by atoms with Crippen molar-refractivity contribution < 1.29 is 17.7 Å². The van der Waals surface area contributed by atoms with Gasteiger partial charge in [0.05, 0.1) is 10.0 Å². The molecule has 0 fully saturated rings. The van der Waals surface area contributed by atoms with E-state index in [0.717, 1.165) is 6.07 Å². The van der Waals surface area contributed by atoms with Crippen molar-refractivity contribution in [1.29, 1.82) is 0 Å².